The van der Waals surface area contributed by atoms with E-state index >= 15 is 0 Å². The first-order valence-corrected chi connectivity index (χ1v) is 11.6. The van der Waals surface area contributed by atoms with E-state index in [1.54, 1.807) is 6.08 Å². The Balaban J connectivity index is 1.74. The quantitative estimate of drug-likeness (QED) is 0.512. The van der Waals surface area contributed by atoms with E-state index in [4.69, 9.17) is 25.8 Å². The third-order valence-electron chi connectivity index (χ3n) is 8.96. The summed E-state index contributed by atoms with van der Waals surface area (Å²) >= 11 is 5.68. The zero-order valence-corrected chi connectivity index (χ0v) is 19.1. The van der Waals surface area contributed by atoms with Crippen molar-refractivity contribution in [1.82, 2.24) is 0 Å². The maximum absolute atomic E-state index is 13.1. The number of aliphatic hydroxyl groups excluding tert-OH is 1. The molecule has 31 heavy (non-hydrogen) atoms. The number of alkyl halides is 1. The first-order chi connectivity index (χ1) is 14.6. The summed E-state index contributed by atoms with van der Waals surface area (Å²) < 4.78 is 15.5. The molecule has 8 heteroatoms. The van der Waals surface area contributed by atoms with E-state index in [1.807, 2.05) is 6.92 Å². The van der Waals surface area contributed by atoms with Crippen LogP contribution in [0, 0.1) is 28.6 Å². The normalized spacial score (nSPS) is 43.8. The molecule has 4 aliphatic rings. The molecule has 3 fully saturated rings. The van der Waals surface area contributed by atoms with Gasteiger partial charge in [0.25, 0.3) is 0 Å². The highest BCUT2D eigenvalue weighted by Gasteiger charge is 2.71. The van der Waals surface area contributed by atoms with Crippen LogP contribution in [-0.4, -0.2) is 47.9 Å². The fourth-order valence-corrected chi connectivity index (χ4v) is 7.67. The summed E-state index contributed by atoms with van der Waals surface area (Å²) in [5.41, 5.74) is -1.45. The van der Waals surface area contributed by atoms with Crippen molar-refractivity contribution >= 4 is 29.5 Å². The summed E-state index contributed by atoms with van der Waals surface area (Å²) in [5.74, 6) is -0.317. The molecule has 4 aliphatic carbocycles. The van der Waals surface area contributed by atoms with Crippen molar-refractivity contribution in [2.24, 2.45) is 28.6 Å². The second kappa shape index (κ2) is 7.77. The Labute approximate surface area is 187 Å². The summed E-state index contributed by atoms with van der Waals surface area (Å²) in [4.78, 5) is 37.3. The van der Waals surface area contributed by atoms with Crippen LogP contribution in [0.1, 0.15) is 58.8 Å². The van der Waals surface area contributed by atoms with Gasteiger partial charge in [-0.05, 0) is 67.8 Å². The highest BCUT2D eigenvalue weighted by atomic mass is 35.5. The molecule has 7 nitrogen and oxygen atoms in total. The molecule has 1 N–H and O–H groups in total. The average Bonchev–Trinajstić information content (AvgIpc) is 3.01. The Morgan fingerprint density at radius 2 is 1.97 bits per heavy atom. The highest BCUT2D eigenvalue weighted by molar-refractivity contribution is 6.17. The number of fused-ring (bicyclic) bond motifs is 5. The van der Waals surface area contributed by atoms with Crippen molar-refractivity contribution in [2.75, 3.05) is 13.2 Å². The van der Waals surface area contributed by atoms with E-state index in [0.717, 1.165) is 24.8 Å². The fraction of sp³-hybridized carbons (Fsp3) is 0.783. The van der Waals surface area contributed by atoms with Gasteiger partial charge in [-0.25, -0.2) is 9.59 Å². The number of aliphatic hydroxyl groups is 1. The summed E-state index contributed by atoms with van der Waals surface area (Å²) in [5, 5.41) is 11.5. The number of methoxy groups -OCH3 is 1. The molecule has 0 amide bonds. The van der Waals surface area contributed by atoms with Gasteiger partial charge >= 0.3 is 12.1 Å². The number of carbonyl (C=O) groups excluding carboxylic acids is 3. The van der Waals surface area contributed by atoms with Gasteiger partial charge in [-0.2, -0.15) is 0 Å². The van der Waals surface area contributed by atoms with E-state index in [-0.39, 0.29) is 35.0 Å². The predicted octanol–water partition coefficient (Wildman–Crippen LogP) is 3.75. The predicted molar refractivity (Wildman–Crippen MR) is 111 cm³/mol. The molecular weight excluding hydrogens is 424 g/mol. The number of carbonyl (C=O) groups is 3. The zero-order valence-electron chi connectivity index (χ0n) is 18.3. The third-order valence-corrected chi connectivity index (χ3v) is 9.07. The molecule has 0 aromatic rings. The van der Waals surface area contributed by atoms with Gasteiger partial charge in [-0.15, -0.1) is 0 Å². The molecule has 172 valence electrons. The van der Waals surface area contributed by atoms with Crippen LogP contribution in [-0.2, 0) is 23.8 Å². The lowest BCUT2D eigenvalue weighted by atomic mass is 9.45. The van der Waals surface area contributed by atoms with Crippen molar-refractivity contribution < 1.29 is 33.7 Å². The fourth-order valence-electron chi connectivity index (χ4n) is 7.57. The molecule has 3 saturated carbocycles. The van der Waals surface area contributed by atoms with Crippen LogP contribution in [0.4, 0.5) is 4.79 Å². The highest BCUT2D eigenvalue weighted by Crippen LogP contribution is 2.68. The van der Waals surface area contributed by atoms with E-state index < -0.39 is 29.2 Å². The van der Waals surface area contributed by atoms with E-state index in [2.05, 4.69) is 6.92 Å². The Hall–Kier alpha value is -1.60. The number of ketones is 1. The van der Waals surface area contributed by atoms with Crippen LogP contribution < -0.4 is 0 Å². The van der Waals surface area contributed by atoms with Crippen molar-refractivity contribution in [2.45, 2.75) is 70.5 Å². The van der Waals surface area contributed by atoms with Crippen molar-refractivity contribution in [3.63, 3.8) is 0 Å². The van der Waals surface area contributed by atoms with Crippen molar-refractivity contribution in [3.8, 4) is 0 Å². The minimum Gasteiger partial charge on any atom is -0.446 e. The van der Waals surface area contributed by atoms with Gasteiger partial charge in [-0.3, -0.25) is 4.79 Å². The number of esters is 1. The number of allylic oxidation sites excluding steroid dienone is 1. The molecule has 0 saturated heterocycles. The van der Waals surface area contributed by atoms with Gasteiger partial charge in [0, 0.05) is 11.8 Å². The Bertz CT molecular complexity index is 825. The number of halogens is 1. The Kier molecular flexibility index (Phi) is 5.66. The Morgan fingerprint density at radius 1 is 1.23 bits per heavy atom. The van der Waals surface area contributed by atoms with Gasteiger partial charge in [0.1, 0.15) is 0 Å². The second-order valence-corrected chi connectivity index (χ2v) is 10.3. The average molecular weight is 455 g/mol. The summed E-state index contributed by atoms with van der Waals surface area (Å²) in [6, 6.07) is -0.347. The van der Waals surface area contributed by atoms with Crippen LogP contribution >= 0.6 is 11.6 Å². The lowest BCUT2D eigenvalue weighted by Crippen LogP contribution is -2.63. The smallest absolute Gasteiger partial charge is 0.446 e. The lowest BCUT2D eigenvalue weighted by Gasteiger charge is -2.60. The van der Waals surface area contributed by atoms with Crippen molar-refractivity contribution in [1.29, 1.82) is 0 Å². The molecule has 0 aromatic heterocycles. The molecule has 7 atom stereocenters. The standard InChI is InChI=1S/C23H31ClO7/c1-21-8-6-14(25)10-13(21)4-5-15-16-7-9-23(19(27)30-12-24,31-20(28)29-3)22(16,2)11-17(26)18(15)21/h10,15-18,26H,4-9,11-12H2,1-3H3/t15?,16?,17?,18?,21?,22?,23-/m0/s1. The van der Waals surface area contributed by atoms with Crippen LogP contribution in [0.15, 0.2) is 11.6 Å². The molecule has 6 unspecified atom stereocenters. The molecule has 0 spiro atoms. The third kappa shape index (κ3) is 3.14. The number of hydrogen-bond acceptors (Lipinski definition) is 7. The lowest BCUT2D eigenvalue weighted by molar-refractivity contribution is -0.201. The minimum atomic E-state index is -1.55. The maximum Gasteiger partial charge on any atom is 0.509 e. The molecule has 0 aromatic carbocycles. The van der Waals surface area contributed by atoms with E-state index in [0.29, 0.717) is 25.7 Å². The minimum absolute atomic E-state index is 0.00310. The van der Waals surface area contributed by atoms with Crippen LogP contribution in [0.5, 0.6) is 0 Å². The summed E-state index contributed by atoms with van der Waals surface area (Å²) in [6.07, 6.45) is 4.27. The van der Waals surface area contributed by atoms with Crippen LogP contribution in [0.2, 0.25) is 0 Å². The molecule has 0 aliphatic heterocycles. The van der Waals surface area contributed by atoms with E-state index in [1.165, 1.54) is 7.11 Å². The summed E-state index contributed by atoms with van der Waals surface area (Å²) in [6.45, 7) is 4.09. The number of hydrogen-bond donors (Lipinski definition) is 1. The summed E-state index contributed by atoms with van der Waals surface area (Å²) in [7, 11) is 1.20. The van der Waals surface area contributed by atoms with Crippen molar-refractivity contribution in [3.05, 3.63) is 11.6 Å². The number of ether oxygens (including phenoxy) is 3. The Morgan fingerprint density at radius 3 is 2.65 bits per heavy atom. The maximum atomic E-state index is 13.1. The van der Waals surface area contributed by atoms with Crippen LogP contribution in [0.3, 0.4) is 0 Å². The van der Waals surface area contributed by atoms with E-state index in [9.17, 15) is 19.5 Å². The molecule has 4 rings (SSSR count). The van der Waals surface area contributed by atoms with Gasteiger partial charge in [0.15, 0.2) is 11.8 Å². The van der Waals surface area contributed by atoms with Gasteiger partial charge in [-0.1, -0.05) is 31.0 Å². The molecule has 0 heterocycles. The first kappa shape index (κ1) is 22.6. The SMILES string of the molecule is COC(=O)O[C@]1(C(=O)OCCl)CCC2C3CCC4=CC(=O)CCC4(C)C3C(O)CC21C. The number of rotatable bonds is 3. The monoisotopic (exact) mass is 454 g/mol. The van der Waals surface area contributed by atoms with Gasteiger partial charge < -0.3 is 19.3 Å². The van der Waals surface area contributed by atoms with Gasteiger partial charge in [0.05, 0.1) is 13.2 Å². The zero-order chi connectivity index (χ0) is 22.6. The molecule has 0 radical (unpaired) electrons. The van der Waals surface area contributed by atoms with Crippen LogP contribution in [0.25, 0.3) is 0 Å². The molecular formula is C23H31ClO7. The topological polar surface area (TPSA) is 99.1 Å². The molecule has 0 bridgehead atoms. The largest absolute Gasteiger partial charge is 0.509 e. The van der Waals surface area contributed by atoms with Gasteiger partial charge in [0.2, 0.25) is 5.60 Å². The second-order valence-electron chi connectivity index (χ2n) is 10.0. The first-order valence-electron chi connectivity index (χ1n) is 11.0.